The zero-order valence-corrected chi connectivity index (χ0v) is 45.7. The molecule has 1 aromatic rings. The van der Waals surface area contributed by atoms with Crippen molar-refractivity contribution in [3.8, 4) is 11.5 Å². The molecule has 0 bridgehead atoms. The van der Waals surface area contributed by atoms with Crippen molar-refractivity contribution in [3.05, 3.63) is 67.8 Å². The second kappa shape index (κ2) is 26.9. The Balaban J connectivity index is 1.61. The lowest BCUT2D eigenvalue weighted by Crippen LogP contribution is -2.64. The summed E-state index contributed by atoms with van der Waals surface area (Å²) in [6, 6.07) is 0. The van der Waals surface area contributed by atoms with E-state index in [1.54, 1.807) is 53.7 Å². The molecular weight excluding hydrogens is 995 g/mol. The Kier molecular flexibility index (Phi) is 22.8. The van der Waals surface area contributed by atoms with Crippen molar-refractivity contribution in [2.75, 3.05) is 13.7 Å². The van der Waals surface area contributed by atoms with Crippen LogP contribution in [0.2, 0.25) is 10.0 Å². The molecule has 73 heavy (non-hydrogen) atoms. The van der Waals surface area contributed by atoms with E-state index >= 15 is 0 Å². The predicted molar refractivity (Wildman–Crippen MR) is 270 cm³/mol. The lowest BCUT2D eigenvalue weighted by molar-refractivity contribution is -0.333. The van der Waals surface area contributed by atoms with E-state index in [2.05, 4.69) is 0 Å². The van der Waals surface area contributed by atoms with Crippen molar-refractivity contribution in [1.82, 2.24) is 0 Å². The number of allylic oxidation sites excluding steroid dienone is 3. The van der Waals surface area contributed by atoms with Gasteiger partial charge < -0.3 is 73.6 Å². The Bertz CT molecular complexity index is 2200. The highest BCUT2D eigenvalue weighted by Crippen LogP contribution is 2.45. The molecule has 18 nitrogen and oxygen atoms in total. The van der Waals surface area contributed by atoms with E-state index in [4.69, 9.17) is 61.1 Å². The molecule has 4 rings (SSSR count). The molecule has 7 N–H and O–H groups in total. The van der Waals surface area contributed by atoms with Crippen LogP contribution < -0.4 is 0 Å². The van der Waals surface area contributed by atoms with Crippen LogP contribution in [-0.2, 0) is 53.9 Å². The Morgan fingerprint density at radius 1 is 0.877 bits per heavy atom. The second-order valence-corrected chi connectivity index (χ2v) is 21.0. The summed E-state index contributed by atoms with van der Waals surface area (Å²) in [5.74, 6) is -5.05. The maximum Gasteiger partial charge on any atom is 0.342 e. The molecule has 0 spiro atoms. The van der Waals surface area contributed by atoms with E-state index in [-0.39, 0.29) is 47.3 Å². The van der Waals surface area contributed by atoms with Gasteiger partial charge in [-0.25, -0.2) is 9.59 Å². The molecule has 2 saturated heterocycles. The number of halogens is 2. The molecule has 0 radical (unpaired) electrons. The Morgan fingerprint density at radius 2 is 1.53 bits per heavy atom. The van der Waals surface area contributed by atoms with Gasteiger partial charge in [0.1, 0.15) is 46.7 Å². The number of phenols is 2. The summed E-state index contributed by atoms with van der Waals surface area (Å²) in [5, 5.41) is 76.9. The minimum Gasteiger partial charge on any atom is -0.505 e. The lowest BCUT2D eigenvalue weighted by Gasteiger charge is -2.47. The Hall–Kier alpha value is -3.63. The molecule has 0 aromatic heterocycles. The largest absolute Gasteiger partial charge is 0.505 e. The predicted octanol–water partition coefficient (Wildman–Crippen LogP) is 6.70. The summed E-state index contributed by atoms with van der Waals surface area (Å²) in [7, 11) is 1.28. The van der Waals surface area contributed by atoms with Gasteiger partial charge in [0.05, 0.1) is 47.5 Å². The number of methoxy groups -OCH3 is 1. The molecule has 1 aromatic carbocycles. The van der Waals surface area contributed by atoms with E-state index in [1.807, 2.05) is 39.8 Å². The van der Waals surface area contributed by atoms with Crippen LogP contribution in [0.1, 0.15) is 125 Å². The Labute approximate surface area is 438 Å². The van der Waals surface area contributed by atoms with Crippen molar-refractivity contribution >= 4 is 41.1 Å². The van der Waals surface area contributed by atoms with E-state index < -0.39 is 138 Å². The quantitative estimate of drug-likeness (QED) is 0.0615. The van der Waals surface area contributed by atoms with Crippen LogP contribution in [0.25, 0.3) is 0 Å². The number of hydrogen-bond acceptors (Lipinski definition) is 18. The summed E-state index contributed by atoms with van der Waals surface area (Å²) >= 11 is 12.3. The van der Waals surface area contributed by atoms with Gasteiger partial charge in [0.15, 0.2) is 36.3 Å². The van der Waals surface area contributed by atoms with Gasteiger partial charge in [-0.15, -0.1) is 0 Å². The fourth-order valence-corrected chi connectivity index (χ4v) is 9.66. The topological polar surface area (TPSA) is 267 Å². The van der Waals surface area contributed by atoms with E-state index in [1.165, 1.54) is 21.0 Å². The number of ether oxygens (including phenoxy) is 8. The fourth-order valence-electron chi connectivity index (χ4n) is 9.10. The molecule has 15 atom stereocenters. The molecule has 3 heterocycles. The van der Waals surface area contributed by atoms with Crippen molar-refractivity contribution in [3.63, 3.8) is 0 Å². The molecular formula is C53H78Cl2O18. The van der Waals surface area contributed by atoms with E-state index in [9.17, 15) is 50.1 Å². The van der Waals surface area contributed by atoms with Crippen LogP contribution >= 0.6 is 23.2 Å². The van der Waals surface area contributed by atoms with Gasteiger partial charge in [-0.3, -0.25) is 4.79 Å². The first-order valence-corrected chi connectivity index (χ1v) is 25.7. The maximum absolute atomic E-state index is 14.1. The molecule has 20 heteroatoms. The Morgan fingerprint density at radius 3 is 2.12 bits per heavy atom. The molecule has 0 aliphatic carbocycles. The SMILES string of the molecule is CCc1c(Cl)c(O)c(Cl)c(O)c1C(=O)OC1C(C)OC(OCC2=CC(C)CCC(O)C(C)=CC(CC)C(OC3OC(C)(C)C(OC(=O)C(C)C)C(O)C3O)C(C)=CC(C)=CCC(C(C)O)OC2=O)C(OC)C1O. The smallest absolute Gasteiger partial charge is 0.342 e. The number of aliphatic hydroxyl groups is 5. The molecule has 2 fully saturated rings. The minimum atomic E-state index is -1.60. The highest BCUT2D eigenvalue weighted by Gasteiger charge is 2.53. The van der Waals surface area contributed by atoms with Crippen LogP contribution in [0, 0.1) is 17.8 Å². The van der Waals surface area contributed by atoms with Crippen LogP contribution in [0.15, 0.2) is 46.6 Å². The molecule has 0 saturated carbocycles. The number of phenolic OH excluding ortho intramolecular Hbond substituents is 2. The lowest BCUT2D eigenvalue weighted by atomic mass is 9.87. The van der Waals surface area contributed by atoms with E-state index in [0.29, 0.717) is 29.6 Å². The van der Waals surface area contributed by atoms with Gasteiger partial charge in [-0.05, 0) is 96.8 Å². The number of carbonyl (C=O) groups is 3. The van der Waals surface area contributed by atoms with Gasteiger partial charge in [-0.2, -0.15) is 0 Å². The highest BCUT2D eigenvalue weighted by atomic mass is 35.5. The molecule has 412 valence electrons. The molecule has 3 aliphatic rings. The summed E-state index contributed by atoms with van der Waals surface area (Å²) in [6.45, 7) is 20.1. The summed E-state index contributed by atoms with van der Waals surface area (Å²) in [4.78, 5) is 40.2. The minimum absolute atomic E-state index is 0.0473. The first-order chi connectivity index (χ1) is 34.1. The van der Waals surface area contributed by atoms with Crippen molar-refractivity contribution in [2.45, 2.75) is 201 Å². The number of aromatic hydroxyl groups is 2. The van der Waals surface area contributed by atoms with Gasteiger partial charge in [-0.1, -0.05) is 87.7 Å². The highest BCUT2D eigenvalue weighted by molar-refractivity contribution is 6.39. The zero-order valence-electron chi connectivity index (χ0n) is 44.2. The zero-order chi connectivity index (χ0) is 55.0. The van der Waals surface area contributed by atoms with Crippen molar-refractivity contribution in [1.29, 1.82) is 0 Å². The van der Waals surface area contributed by atoms with Crippen LogP contribution in [0.4, 0.5) is 0 Å². The van der Waals surface area contributed by atoms with Gasteiger partial charge >= 0.3 is 17.9 Å². The van der Waals surface area contributed by atoms with Crippen LogP contribution in [-0.4, -0.2) is 153 Å². The number of rotatable bonds is 13. The second-order valence-electron chi connectivity index (χ2n) is 20.3. The molecule has 15 unspecified atom stereocenters. The number of carbonyl (C=O) groups excluding carboxylic acids is 3. The molecule has 3 aliphatic heterocycles. The maximum atomic E-state index is 14.1. The van der Waals surface area contributed by atoms with Gasteiger partial charge in [0, 0.05) is 19.4 Å². The normalized spacial score (nSPS) is 32.5. The fraction of sp³-hybridized carbons (Fsp3) is 0.679. The number of hydrogen-bond donors (Lipinski definition) is 7. The van der Waals surface area contributed by atoms with Crippen LogP contribution in [0.5, 0.6) is 11.5 Å². The summed E-state index contributed by atoms with van der Waals surface area (Å²) in [5.41, 5.74) is 0.489. The average Bonchev–Trinajstić information content (AvgIpc) is 3.32. The summed E-state index contributed by atoms with van der Waals surface area (Å²) in [6.07, 6.45) is -7.56. The van der Waals surface area contributed by atoms with Gasteiger partial charge in [0.25, 0.3) is 0 Å². The third-order valence-corrected chi connectivity index (χ3v) is 14.3. The first-order valence-electron chi connectivity index (χ1n) is 24.9. The van der Waals surface area contributed by atoms with Crippen molar-refractivity contribution in [2.24, 2.45) is 17.8 Å². The first kappa shape index (κ1) is 61.9. The van der Waals surface area contributed by atoms with Gasteiger partial charge in [0.2, 0.25) is 0 Å². The number of aliphatic hydroxyl groups excluding tert-OH is 5. The summed E-state index contributed by atoms with van der Waals surface area (Å²) < 4.78 is 47.8. The molecule has 0 amide bonds. The number of benzene rings is 1. The third kappa shape index (κ3) is 15.3. The third-order valence-electron chi connectivity index (χ3n) is 13.6. The number of cyclic esters (lactones) is 1. The van der Waals surface area contributed by atoms with Crippen LogP contribution in [0.3, 0.4) is 0 Å². The van der Waals surface area contributed by atoms with Crippen molar-refractivity contribution < 1.29 is 88.0 Å². The average molecular weight is 1070 g/mol. The number of esters is 3. The monoisotopic (exact) mass is 1070 g/mol. The standard InChI is InChI=1S/C53H78Cl2O18/c1-14-31-22-27(7)34(57)18-16-26(6)21-32(23-67-52-46(66-13)43(62)45(30(10)68-52)70-50(65)36-33(15-2)37(54)40(59)38(55)39(36)58)49(64)69-35(29(9)56)19-17-25(5)20-28(8)44(31)71-51-42(61)41(60)47(53(11,12)73-51)72-48(63)24(3)4/h17,20-22,24,26,29-31,34-35,41-47,51-52,56-62H,14-16,18-19,23H2,1-13H3. The van der Waals surface area contributed by atoms with E-state index in [0.717, 1.165) is 0 Å².